The summed E-state index contributed by atoms with van der Waals surface area (Å²) in [4.78, 5) is 0. The van der Waals surface area contributed by atoms with E-state index in [2.05, 4.69) is 26.1 Å². The monoisotopic (exact) mass is 227 g/mol. The van der Waals surface area contributed by atoms with Crippen molar-refractivity contribution in [2.45, 2.75) is 71.9 Å². The molecule has 0 heterocycles. The summed E-state index contributed by atoms with van der Waals surface area (Å²) >= 11 is 0. The molecule has 1 saturated carbocycles. The van der Waals surface area contributed by atoms with Crippen LogP contribution in [0.4, 0.5) is 0 Å². The maximum absolute atomic E-state index is 9.98. The third-order valence-corrected chi connectivity index (χ3v) is 4.20. The van der Waals surface area contributed by atoms with Crippen molar-refractivity contribution >= 4 is 0 Å². The quantitative estimate of drug-likeness (QED) is 0.774. The van der Waals surface area contributed by atoms with E-state index in [0.717, 1.165) is 18.9 Å². The van der Waals surface area contributed by atoms with E-state index in [9.17, 15) is 5.11 Å². The van der Waals surface area contributed by atoms with Crippen molar-refractivity contribution in [2.75, 3.05) is 6.54 Å². The van der Waals surface area contributed by atoms with Crippen LogP contribution in [0, 0.1) is 11.3 Å². The molecule has 3 unspecified atom stereocenters. The van der Waals surface area contributed by atoms with Crippen LogP contribution >= 0.6 is 0 Å². The van der Waals surface area contributed by atoms with E-state index in [0.29, 0.717) is 11.5 Å². The van der Waals surface area contributed by atoms with Crippen LogP contribution in [-0.4, -0.2) is 23.3 Å². The number of aliphatic hydroxyl groups is 1. The zero-order valence-corrected chi connectivity index (χ0v) is 11.6. The molecule has 3 atom stereocenters. The van der Waals surface area contributed by atoms with Crippen LogP contribution in [-0.2, 0) is 0 Å². The second-order valence-corrected chi connectivity index (χ2v) is 6.72. The Kier molecular flexibility index (Phi) is 4.42. The fraction of sp³-hybridized carbons (Fsp3) is 1.00. The summed E-state index contributed by atoms with van der Waals surface area (Å²) in [5.74, 6) is 0.719. The molecule has 1 rings (SSSR count). The molecule has 1 fully saturated rings. The third-order valence-electron chi connectivity index (χ3n) is 4.20. The molecule has 1 aliphatic carbocycles. The van der Waals surface area contributed by atoms with Crippen molar-refractivity contribution in [3.8, 4) is 0 Å². The molecular formula is C14H29NO. The number of hydrogen-bond donors (Lipinski definition) is 2. The Morgan fingerprint density at radius 2 is 2.06 bits per heavy atom. The Labute approximate surface area is 101 Å². The predicted molar refractivity (Wildman–Crippen MR) is 69.5 cm³/mol. The third kappa shape index (κ3) is 4.06. The van der Waals surface area contributed by atoms with E-state index >= 15 is 0 Å². The smallest absolute Gasteiger partial charge is 0.0741 e. The number of rotatable bonds is 4. The molecule has 1 aliphatic rings. The minimum Gasteiger partial charge on any atom is -0.389 e. The highest BCUT2D eigenvalue weighted by Crippen LogP contribution is 2.38. The van der Waals surface area contributed by atoms with Gasteiger partial charge in [-0.15, -0.1) is 0 Å². The lowest BCUT2D eigenvalue weighted by molar-refractivity contribution is 0.0440. The molecule has 2 nitrogen and oxygen atoms in total. The van der Waals surface area contributed by atoms with Crippen molar-refractivity contribution in [2.24, 2.45) is 11.3 Å². The first-order valence-electron chi connectivity index (χ1n) is 6.71. The first-order valence-corrected chi connectivity index (χ1v) is 6.71. The van der Waals surface area contributed by atoms with E-state index < -0.39 is 5.60 Å². The van der Waals surface area contributed by atoms with Crippen LogP contribution in [0.2, 0.25) is 0 Å². The molecular weight excluding hydrogens is 198 g/mol. The Hall–Kier alpha value is -0.0800. The molecule has 16 heavy (non-hydrogen) atoms. The molecule has 0 aromatic heterocycles. The number of nitrogens with one attached hydrogen (secondary N) is 1. The molecule has 0 bridgehead atoms. The van der Waals surface area contributed by atoms with Crippen molar-refractivity contribution < 1.29 is 5.11 Å². The van der Waals surface area contributed by atoms with Gasteiger partial charge in [-0.25, -0.2) is 0 Å². The largest absolute Gasteiger partial charge is 0.389 e. The molecule has 0 aromatic rings. The molecule has 0 spiro atoms. The molecule has 0 aliphatic heterocycles. The zero-order chi connectivity index (χ0) is 12.4. The summed E-state index contributed by atoms with van der Waals surface area (Å²) in [6.45, 7) is 11.7. The SMILES string of the molecule is CCC(C)(O)CNC1CCC(C)(C)CC1C. The second-order valence-electron chi connectivity index (χ2n) is 6.72. The van der Waals surface area contributed by atoms with Gasteiger partial charge in [-0.2, -0.15) is 0 Å². The Balaban J connectivity index is 2.39. The molecule has 0 amide bonds. The number of hydrogen-bond acceptors (Lipinski definition) is 2. The standard InChI is InChI=1S/C14H29NO/c1-6-14(5,16)10-15-12-7-8-13(3,4)9-11(12)2/h11-12,15-16H,6-10H2,1-5H3. The Morgan fingerprint density at radius 3 is 2.56 bits per heavy atom. The van der Waals surface area contributed by atoms with Crippen LogP contribution in [0.3, 0.4) is 0 Å². The van der Waals surface area contributed by atoms with Crippen LogP contribution in [0.15, 0.2) is 0 Å². The van der Waals surface area contributed by atoms with Gasteiger partial charge < -0.3 is 10.4 Å². The first kappa shape index (κ1) is 14.0. The van der Waals surface area contributed by atoms with Gasteiger partial charge in [0.1, 0.15) is 0 Å². The summed E-state index contributed by atoms with van der Waals surface area (Å²) in [6, 6.07) is 0.589. The van der Waals surface area contributed by atoms with E-state index in [1.165, 1.54) is 19.3 Å². The highest BCUT2D eigenvalue weighted by molar-refractivity contribution is 4.88. The lowest BCUT2D eigenvalue weighted by Crippen LogP contribution is -2.47. The van der Waals surface area contributed by atoms with Gasteiger partial charge in [0, 0.05) is 12.6 Å². The van der Waals surface area contributed by atoms with Gasteiger partial charge in [-0.3, -0.25) is 0 Å². The maximum Gasteiger partial charge on any atom is 0.0741 e. The normalized spacial score (nSPS) is 33.4. The first-order chi connectivity index (χ1) is 7.26. The van der Waals surface area contributed by atoms with E-state index in [-0.39, 0.29) is 0 Å². The molecule has 96 valence electrons. The summed E-state index contributed by atoms with van der Waals surface area (Å²) in [7, 11) is 0. The van der Waals surface area contributed by atoms with E-state index in [1.54, 1.807) is 0 Å². The van der Waals surface area contributed by atoms with Gasteiger partial charge in [0.25, 0.3) is 0 Å². The molecule has 0 saturated heterocycles. The zero-order valence-electron chi connectivity index (χ0n) is 11.6. The maximum atomic E-state index is 9.98. The highest BCUT2D eigenvalue weighted by Gasteiger charge is 2.32. The van der Waals surface area contributed by atoms with E-state index in [1.807, 2.05) is 13.8 Å². The predicted octanol–water partition coefficient (Wildman–Crippen LogP) is 2.95. The molecule has 0 radical (unpaired) electrons. The minimum absolute atomic E-state index is 0.505. The van der Waals surface area contributed by atoms with E-state index in [4.69, 9.17) is 0 Å². The summed E-state index contributed by atoms with van der Waals surface area (Å²) in [6.07, 6.45) is 4.64. The van der Waals surface area contributed by atoms with Crippen LogP contribution < -0.4 is 5.32 Å². The van der Waals surface area contributed by atoms with Gasteiger partial charge in [-0.1, -0.05) is 27.7 Å². The lowest BCUT2D eigenvalue weighted by Gasteiger charge is -2.40. The summed E-state index contributed by atoms with van der Waals surface area (Å²) < 4.78 is 0. The second kappa shape index (κ2) is 5.05. The average molecular weight is 227 g/mol. The van der Waals surface area contributed by atoms with Crippen LogP contribution in [0.1, 0.15) is 60.3 Å². The molecule has 2 N–H and O–H groups in total. The van der Waals surface area contributed by atoms with Gasteiger partial charge in [-0.05, 0) is 43.9 Å². The minimum atomic E-state index is -0.549. The Bertz CT molecular complexity index is 223. The fourth-order valence-corrected chi connectivity index (χ4v) is 2.73. The fourth-order valence-electron chi connectivity index (χ4n) is 2.73. The molecule has 2 heteroatoms. The lowest BCUT2D eigenvalue weighted by atomic mass is 9.70. The van der Waals surface area contributed by atoms with Gasteiger partial charge in [0.15, 0.2) is 0 Å². The summed E-state index contributed by atoms with van der Waals surface area (Å²) in [5, 5.41) is 13.5. The van der Waals surface area contributed by atoms with Crippen molar-refractivity contribution in [3.63, 3.8) is 0 Å². The van der Waals surface area contributed by atoms with Crippen LogP contribution in [0.5, 0.6) is 0 Å². The van der Waals surface area contributed by atoms with Gasteiger partial charge >= 0.3 is 0 Å². The van der Waals surface area contributed by atoms with Crippen molar-refractivity contribution in [3.05, 3.63) is 0 Å². The van der Waals surface area contributed by atoms with Crippen LogP contribution in [0.25, 0.3) is 0 Å². The molecule has 0 aromatic carbocycles. The average Bonchev–Trinajstić information content (AvgIpc) is 2.15. The van der Waals surface area contributed by atoms with Crippen molar-refractivity contribution in [1.29, 1.82) is 0 Å². The van der Waals surface area contributed by atoms with Gasteiger partial charge in [0.2, 0.25) is 0 Å². The topological polar surface area (TPSA) is 32.3 Å². The highest BCUT2D eigenvalue weighted by atomic mass is 16.3. The van der Waals surface area contributed by atoms with Gasteiger partial charge in [0.05, 0.1) is 5.60 Å². The summed E-state index contributed by atoms with van der Waals surface area (Å²) in [5.41, 5.74) is -0.0441. The Morgan fingerprint density at radius 1 is 1.44 bits per heavy atom. The van der Waals surface area contributed by atoms with Crippen molar-refractivity contribution in [1.82, 2.24) is 5.32 Å².